The first-order chi connectivity index (χ1) is 21.7. The molecule has 0 atom stereocenters. The Morgan fingerprint density at radius 1 is 0.717 bits per heavy atom. The third-order valence-electron chi connectivity index (χ3n) is 7.22. The second-order valence-corrected chi connectivity index (χ2v) is 15.4. The Balaban J connectivity index is 0.000000181. The molecule has 0 saturated carbocycles. The zero-order chi connectivity index (χ0) is 33.4. The number of pyridine rings is 1. The highest BCUT2D eigenvalue weighted by atomic mass is 32.2. The van der Waals surface area contributed by atoms with Crippen molar-refractivity contribution in [1.29, 1.82) is 0 Å². The molecule has 0 fully saturated rings. The number of aliphatic hydroxyl groups is 2. The number of sulfonamides is 2. The predicted molar refractivity (Wildman–Crippen MR) is 170 cm³/mol. The van der Waals surface area contributed by atoms with Crippen molar-refractivity contribution in [3.8, 4) is 0 Å². The maximum absolute atomic E-state index is 12.5. The van der Waals surface area contributed by atoms with Crippen LogP contribution in [0.25, 0.3) is 11.5 Å². The molecule has 4 heterocycles. The quantitative estimate of drug-likeness (QED) is 0.304. The van der Waals surface area contributed by atoms with Crippen molar-refractivity contribution < 1.29 is 36.6 Å². The second-order valence-electron chi connectivity index (χ2n) is 10.2. The van der Waals surface area contributed by atoms with Crippen LogP contribution in [0.5, 0.6) is 0 Å². The summed E-state index contributed by atoms with van der Waals surface area (Å²) >= 11 is 1.36. The molecule has 0 saturated heterocycles. The number of hydrogen-bond donors (Lipinski definition) is 2. The number of aryl methyl sites for hydroxylation is 1. The average Bonchev–Trinajstić information content (AvgIpc) is 3.44. The van der Waals surface area contributed by atoms with Crippen molar-refractivity contribution in [3.63, 3.8) is 0 Å². The number of benzene rings is 2. The van der Waals surface area contributed by atoms with Crippen molar-refractivity contribution in [3.05, 3.63) is 117 Å². The molecule has 46 heavy (non-hydrogen) atoms. The number of hydrogen-bond acceptors (Lipinski definition) is 11. The lowest BCUT2D eigenvalue weighted by Crippen LogP contribution is -2.35. The molecule has 2 aliphatic heterocycles. The summed E-state index contributed by atoms with van der Waals surface area (Å²) in [6.07, 6.45) is 3.05. The lowest BCUT2D eigenvalue weighted by atomic mass is 10.1. The van der Waals surface area contributed by atoms with Gasteiger partial charge in [-0.25, -0.2) is 21.8 Å². The van der Waals surface area contributed by atoms with Gasteiger partial charge in [-0.1, -0.05) is 30.3 Å². The molecule has 4 aromatic rings. The summed E-state index contributed by atoms with van der Waals surface area (Å²) in [5.41, 5.74) is 0.313. The van der Waals surface area contributed by atoms with E-state index in [4.69, 9.17) is 0 Å². The lowest BCUT2D eigenvalue weighted by Gasteiger charge is -2.28. The van der Waals surface area contributed by atoms with Gasteiger partial charge in [0.05, 0.1) is 22.6 Å². The van der Waals surface area contributed by atoms with Crippen LogP contribution in [0.4, 0.5) is 0 Å². The van der Waals surface area contributed by atoms with E-state index < -0.39 is 31.6 Å². The van der Waals surface area contributed by atoms with Crippen molar-refractivity contribution >= 4 is 54.5 Å². The molecule has 2 aliphatic rings. The van der Waals surface area contributed by atoms with Crippen LogP contribution in [0.15, 0.2) is 100 Å². The molecule has 0 aliphatic carbocycles. The van der Waals surface area contributed by atoms with Gasteiger partial charge < -0.3 is 10.2 Å². The van der Waals surface area contributed by atoms with Crippen molar-refractivity contribution in [1.82, 2.24) is 18.6 Å². The highest BCUT2D eigenvalue weighted by Gasteiger charge is 2.38. The Morgan fingerprint density at radius 3 is 1.65 bits per heavy atom. The van der Waals surface area contributed by atoms with Crippen LogP contribution in [0.1, 0.15) is 26.7 Å². The van der Waals surface area contributed by atoms with E-state index in [1.54, 1.807) is 54.9 Å². The summed E-state index contributed by atoms with van der Waals surface area (Å²) in [5.74, 6) is -1.66. The van der Waals surface area contributed by atoms with Gasteiger partial charge in [-0.2, -0.15) is 0 Å². The molecule has 0 amide bonds. The number of likely N-dealkylation sites (N-methyl/N-ethyl adjacent to an activating group) is 2. The maximum atomic E-state index is 12.5. The Bertz CT molecular complexity index is 2140. The summed E-state index contributed by atoms with van der Waals surface area (Å²) in [5, 5.41) is 21.4. The van der Waals surface area contributed by atoms with Crippen LogP contribution in [-0.4, -0.2) is 71.3 Å². The van der Waals surface area contributed by atoms with Gasteiger partial charge in [0.25, 0.3) is 20.0 Å². The van der Waals surface area contributed by atoms with Crippen LogP contribution in [0.3, 0.4) is 0 Å². The van der Waals surface area contributed by atoms with E-state index >= 15 is 0 Å². The molecule has 12 nitrogen and oxygen atoms in total. The normalized spacial score (nSPS) is 16.2. The fourth-order valence-electron chi connectivity index (χ4n) is 4.93. The molecular formula is C31H28N4O8S3. The second kappa shape index (κ2) is 12.5. The number of thiazole rings is 1. The van der Waals surface area contributed by atoms with Gasteiger partial charge in [-0.15, -0.1) is 11.3 Å². The molecule has 6 rings (SSSR count). The van der Waals surface area contributed by atoms with Gasteiger partial charge in [0.15, 0.2) is 23.1 Å². The molecule has 2 aromatic heterocycles. The first kappa shape index (κ1) is 32.5. The van der Waals surface area contributed by atoms with E-state index in [9.17, 15) is 36.6 Å². The highest BCUT2D eigenvalue weighted by Crippen LogP contribution is 2.36. The SMILES string of the molecule is CN1C(C(=O)Cc2ccccn2)=C(O)c2ccccc2S1(=O)=O.Cc1cnc(CC(=O)C2=C(O)c3ccccc3S(=O)(=O)N2C)s1. The number of aliphatic hydroxyl groups excluding tert-OH is 2. The van der Waals surface area contributed by atoms with Crippen LogP contribution in [-0.2, 0) is 42.5 Å². The van der Waals surface area contributed by atoms with Crippen LogP contribution < -0.4 is 0 Å². The summed E-state index contributed by atoms with van der Waals surface area (Å²) in [4.78, 5) is 34.1. The summed E-state index contributed by atoms with van der Waals surface area (Å²) in [6.45, 7) is 1.87. The van der Waals surface area contributed by atoms with E-state index in [0.717, 1.165) is 13.5 Å². The molecule has 2 aromatic carbocycles. The summed E-state index contributed by atoms with van der Waals surface area (Å²) in [7, 11) is -5.20. The van der Waals surface area contributed by atoms with Gasteiger partial charge in [0.1, 0.15) is 16.4 Å². The van der Waals surface area contributed by atoms with E-state index in [0.29, 0.717) is 10.7 Å². The van der Waals surface area contributed by atoms with Crippen LogP contribution in [0.2, 0.25) is 0 Å². The molecule has 0 radical (unpaired) electrons. The van der Waals surface area contributed by atoms with E-state index in [1.807, 2.05) is 6.92 Å². The summed E-state index contributed by atoms with van der Waals surface area (Å²) in [6, 6.07) is 17.2. The standard InChI is InChI=1S/C16H14N2O4S.C15H14N2O4S2/c1-18-15(13(19)10-11-6-4-5-9-17-11)16(20)12-7-2-3-8-14(12)23(18,21)22;1-9-8-16-13(22-9)7-11(18)14-15(19)10-5-3-4-6-12(10)23(20,21)17(14)2/h2-9,20H,10H2,1H3;3-6,8,19H,7H2,1-2H3. The average molecular weight is 681 g/mol. The Morgan fingerprint density at radius 2 is 1.20 bits per heavy atom. The number of fused-ring (bicyclic) bond motifs is 2. The minimum Gasteiger partial charge on any atom is -0.505 e. The molecule has 2 N–H and O–H groups in total. The molecule has 15 heteroatoms. The maximum Gasteiger partial charge on any atom is 0.265 e. The topological polar surface area (TPSA) is 175 Å². The minimum absolute atomic E-state index is 0.0124. The molecule has 0 bridgehead atoms. The van der Waals surface area contributed by atoms with E-state index in [-0.39, 0.29) is 56.7 Å². The Kier molecular flexibility index (Phi) is 8.84. The fourth-order valence-corrected chi connectivity index (χ4v) is 8.55. The van der Waals surface area contributed by atoms with Crippen LogP contribution in [0, 0.1) is 6.92 Å². The molecular weight excluding hydrogens is 653 g/mol. The first-order valence-electron chi connectivity index (χ1n) is 13.7. The van der Waals surface area contributed by atoms with E-state index in [2.05, 4.69) is 9.97 Å². The molecule has 0 spiro atoms. The number of carbonyl (C=O) groups excluding carboxylic acids is 2. The van der Waals surface area contributed by atoms with Gasteiger partial charge in [0.2, 0.25) is 0 Å². The van der Waals surface area contributed by atoms with E-state index in [1.165, 1.54) is 49.7 Å². The number of aromatic nitrogens is 2. The number of allylic oxidation sites excluding steroid dienone is 2. The number of rotatable bonds is 6. The van der Waals surface area contributed by atoms with Crippen molar-refractivity contribution in [2.75, 3.05) is 14.1 Å². The zero-order valence-corrected chi connectivity index (χ0v) is 27.2. The lowest BCUT2D eigenvalue weighted by molar-refractivity contribution is -0.116. The fraction of sp³-hybridized carbons (Fsp3) is 0.161. The molecule has 238 valence electrons. The minimum atomic E-state index is -3.87. The number of ketones is 2. The number of Topliss-reactive ketones (excluding diaryl/α,β-unsaturated/α-hetero) is 2. The Labute approximate surface area is 269 Å². The number of carbonyl (C=O) groups is 2. The van der Waals surface area contributed by atoms with Crippen molar-refractivity contribution in [2.45, 2.75) is 29.6 Å². The first-order valence-corrected chi connectivity index (χ1v) is 17.4. The van der Waals surface area contributed by atoms with Crippen LogP contribution >= 0.6 is 11.3 Å². The van der Waals surface area contributed by atoms with Gasteiger partial charge >= 0.3 is 0 Å². The monoisotopic (exact) mass is 680 g/mol. The molecule has 0 unspecified atom stereocenters. The predicted octanol–water partition coefficient (Wildman–Crippen LogP) is 3.88. The Hall–Kier alpha value is -4.86. The largest absolute Gasteiger partial charge is 0.505 e. The zero-order valence-electron chi connectivity index (χ0n) is 24.8. The number of nitrogens with zero attached hydrogens (tertiary/aromatic N) is 4. The highest BCUT2D eigenvalue weighted by molar-refractivity contribution is 7.89. The van der Waals surface area contributed by atoms with Gasteiger partial charge in [0, 0.05) is 48.2 Å². The third-order valence-corrected chi connectivity index (χ3v) is 11.8. The van der Waals surface area contributed by atoms with Crippen molar-refractivity contribution in [2.24, 2.45) is 0 Å². The van der Waals surface area contributed by atoms with Gasteiger partial charge in [-0.3, -0.25) is 23.2 Å². The smallest absolute Gasteiger partial charge is 0.265 e. The van der Waals surface area contributed by atoms with Gasteiger partial charge in [-0.05, 0) is 43.3 Å². The summed E-state index contributed by atoms with van der Waals surface area (Å²) < 4.78 is 51.8. The third kappa shape index (κ3) is 5.91.